The average molecular weight is 390 g/mol. The Morgan fingerprint density at radius 2 is 1.82 bits per heavy atom. The molecule has 8 heteroatoms. The lowest BCUT2D eigenvalue weighted by molar-refractivity contribution is -0.384. The number of nitrogens with zero attached hydrogens (tertiary/aromatic N) is 3. The maximum absolute atomic E-state index is 12.4. The van der Waals surface area contributed by atoms with Gasteiger partial charge in [-0.05, 0) is 51.0 Å². The second-order valence-electron chi connectivity index (χ2n) is 7.43. The molecule has 8 nitrogen and oxygen atoms in total. The summed E-state index contributed by atoms with van der Waals surface area (Å²) >= 11 is 0. The molecule has 0 bridgehead atoms. The summed E-state index contributed by atoms with van der Waals surface area (Å²) in [6, 6.07) is 4.73. The fourth-order valence-corrected chi connectivity index (χ4v) is 3.85. The highest BCUT2D eigenvalue weighted by molar-refractivity contribution is 5.95. The number of ether oxygens (including phenoxy) is 1. The van der Waals surface area contributed by atoms with Gasteiger partial charge < -0.3 is 19.9 Å². The molecule has 1 amide bonds. The maximum atomic E-state index is 12.4. The molecule has 2 heterocycles. The molecule has 2 aliphatic heterocycles. The molecule has 0 spiro atoms. The van der Waals surface area contributed by atoms with Crippen molar-refractivity contribution in [3.63, 3.8) is 0 Å². The van der Waals surface area contributed by atoms with Crippen molar-refractivity contribution >= 4 is 17.3 Å². The van der Waals surface area contributed by atoms with Crippen molar-refractivity contribution in [3.05, 3.63) is 33.9 Å². The second-order valence-corrected chi connectivity index (χ2v) is 7.43. The summed E-state index contributed by atoms with van der Waals surface area (Å²) in [5.41, 5.74) is 0.851. The van der Waals surface area contributed by atoms with Crippen molar-refractivity contribution in [2.24, 2.45) is 0 Å². The molecule has 1 aromatic rings. The van der Waals surface area contributed by atoms with Crippen LogP contribution in [0.25, 0.3) is 0 Å². The SMILES string of the molecule is O=C(NCCCN1CCCCCC1)c1ccc(N2CCOCC2)c([N+](=O)[O-])c1. The molecular weight excluding hydrogens is 360 g/mol. The van der Waals surface area contributed by atoms with Crippen LogP contribution in [0.5, 0.6) is 0 Å². The minimum atomic E-state index is -0.416. The summed E-state index contributed by atoms with van der Waals surface area (Å²) in [6.45, 7) is 6.18. The van der Waals surface area contributed by atoms with Crippen LogP contribution in [0, 0.1) is 10.1 Å². The summed E-state index contributed by atoms with van der Waals surface area (Å²) < 4.78 is 5.31. The Kier molecular flexibility index (Phi) is 7.62. The molecule has 0 atom stereocenters. The van der Waals surface area contributed by atoms with Gasteiger partial charge in [0.2, 0.25) is 0 Å². The maximum Gasteiger partial charge on any atom is 0.293 e. The fraction of sp³-hybridized carbons (Fsp3) is 0.650. The van der Waals surface area contributed by atoms with E-state index in [2.05, 4.69) is 10.2 Å². The Labute approximate surface area is 166 Å². The van der Waals surface area contributed by atoms with Crippen LogP contribution in [0.3, 0.4) is 0 Å². The highest BCUT2D eigenvalue weighted by Crippen LogP contribution is 2.29. The van der Waals surface area contributed by atoms with E-state index in [-0.39, 0.29) is 11.6 Å². The number of hydrogen-bond donors (Lipinski definition) is 1. The molecule has 2 saturated heterocycles. The van der Waals surface area contributed by atoms with E-state index in [1.54, 1.807) is 12.1 Å². The highest BCUT2D eigenvalue weighted by atomic mass is 16.6. The van der Waals surface area contributed by atoms with E-state index >= 15 is 0 Å². The first-order valence-electron chi connectivity index (χ1n) is 10.3. The van der Waals surface area contributed by atoms with Crippen LogP contribution < -0.4 is 10.2 Å². The van der Waals surface area contributed by atoms with Crippen molar-refractivity contribution in [1.29, 1.82) is 0 Å². The molecule has 0 aromatic heterocycles. The summed E-state index contributed by atoms with van der Waals surface area (Å²) in [5.74, 6) is -0.257. The molecule has 0 aliphatic carbocycles. The van der Waals surface area contributed by atoms with Gasteiger partial charge in [0.15, 0.2) is 0 Å². The number of carbonyl (C=O) groups is 1. The number of morpholine rings is 1. The van der Waals surface area contributed by atoms with Gasteiger partial charge in [-0.3, -0.25) is 14.9 Å². The van der Waals surface area contributed by atoms with Gasteiger partial charge in [0, 0.05) is 31.3 Å². The number of carbonyl (C=O) groups excluding carboxylic acids is 1. The lowest BCUT2D eigenvalue weighted by Gasteiger charge is -2.28. The third kappa shape index (κ3) is 5.65. The van der Waals surface area contributed by atoms with Crippen LogP contribution in [0.2, 0.25) is 0 Å². The van der Waals surface area contributed by atoms with Gasteiger partial charge in [-0.2, -0.15) is 0 Å². The first kappa shape index (κ1) is 20.5. The quantitative estimate of drug-likeness (QED) is 0.437. The van der Waals surface area contributed by atoms with Gasteiger partial charge in [-0.25, -0.2) is 0 Å². The summed E-state index contributed by atoms with van der Waals surface area (Å²) in [4.78, 5) is 27.9. The molecule has 0 saturated carbocycles. The number of nitrogens with one attached hydrogen (secondary N) is 1. The molecular formula is C20H30N4O4. The minimum absolute atomic E-state index is 0.0286. The topological polar surface area (TPSA) is 88.0 Å². The van der Waals surface area contributed by atoms with E-state index in [0.29, 0.717) is 44.1 Å². The Hall–Kier alpha value is -2.19. The average Bonchev–Trinajstić information content (AvgIpc) is 3.00. The van der Waals surface area contributed by atoms with Crippen LogP contribution in [0.1, 0.15) is 42.5 Å². The smallest absolute Gasteiger partial charge is 0.293 e. The van der Waals surface area contributed by atoms with E-state index in [4.69, 9.17) is 4.74 Å². The Balaban J connectivity index is 1.54. The molecule has 2 fully saturated rings. The molecule has 1 aromatic carbocycles. The second kappa shape index (κ2) is 10.4. The van der Waals surface area contributed by atoms with Crippen molar-refractivity contribution in [3.8, 4) is 0 Å². The molecule has 28 heavy (non-hydrogen) atoms. The van der Waals surface area contributed by atoms with Crippen molar-refractivity contribution in [2.45, 2.75) is 32.1 Å². The van der Waals surface area contributed by atoms with Gasteiger partial charge in [0.1, 0.15) is 5.69 Å². The number of likely N-dealkylation sites (tertiary alicyclic amines) is 1. The number of nitro groups is 1. The molecule has 3 rings (SSSR count). The van der Waals surface area contributed by atoms with Crippen LogP contribution in [-0.4, -0.2) is 68.2 Å². The first-order chi connectivity index (χ1) is 13.6. The standard InChI is InChI=1S/C20H30N4O4/c25-20(21-8-5-11-22-9-3-1-2-4-10-22)17-6-7-18(19(16-17)24(26)27)23-12-14-28-15-13-23/h6-7,16H,1-5,8-15H2,(H,21,25). The molecule has 2 aliphatic rings. The van der Waals surface area contributed by atoms with Gasteiger partial charge in [0.05, 0.1) is 18.1 Å². The van der Waals surface area contributed by atoms with E-state index in [1.807, 2.05) is 4.90 Å². The predicted molar refractivity (Wildman–Crippen MR) is 108 cm³/mol. The zero-order valence-corrected chi connectivity index (χ0v) is 16.4. The first-order valence-corrected chi connectivity index (χ1v) is 10.3. The van der Waals surface area contributed by atoms with Crippen LogP contribution >= 0.6 is 0 Å². The van der Waals surface area contributed by atoms with Gasteiger partial charge >= 0.3 is 0 Å². The lowest BCUT2D eigenvalue weighted by Crippen LogP contribution is -2.36. The fourth-order valence-electron chi connectivity index (χ4n) is 3.85. The predicted octanol–water partition coefficient (Wildman–Crippen LogP) is 2.43. The van der Waals surface area contributed by atoms with Crippen molar-refractivity contribution < 1.29 is 14.5 Å². The van der Waals surface area contributed by atoms with Crippen LogP contribution in [-0.2, 0) is 4.74 Å². The Morgan fingerprint density at radius 3 is 2.50 bits per heavy atom. The largest absolute Gasteiger partial charge is 0.378 e. The Bertz CT molecular complexity index is 668. The number of amides is 1. The monoisotopic (exact) mass is 390 g/mol. The molecule has 1 N–H and O–H groups in total. The summed E-state index contributed by atoms with van der Waals surface area (Å²) in [5, 5.41) is 14.4. The number of anilines is 1. The van der Waals surface area contributed by atoms with E-state index in [9.17, 15) is 14.9 Å². The highest BCUT2D eigenvalue weighted by Gasteiger charge is 2.23. The number of benzene rings is 1. The minimum Gasteiger partial charge on any atom is -0.378 e. The third-order valence-electron chi connectivity index (χ3n) is 5.42. The Morgan fingerprint density at radius 1 is 1.11 bits per heavy atom. The van der Waals surface area contributed by atoms with Gasteiger partial charge in [-0.1, -0.05) is 12.8 Å². The van der Waals surface area contributed by atoms with Gasteiger partial charge in [-0.15, -0.1) is 0 Å². The normalized spacial score (nSPS) is 18.5. The van der Waals surface area contributed by atoms with Gasteiger partial charge in [0.25, 0.3) is 11.6 Å². The molecule has 0 unspecified atom stereocenters. The van der Waals surface area contributed by atoms with Crippen molar-refractivity contribution in [1.82, 2.24) is 10.2 Å². The number of hydrogen-bond acceptors (Lipinski definition) is 6. The van der Waals surface area contributed by atoms with Crippen molar-refractivity contribution in [2.75, 3.05) is 57.4 Å². The number of nitro benzene ring substituents is 1. The van der Waals surface area contributed by atoms with E-state index in [0.717, 1.165) is 26.1 Å². The van der Waals surface area contributed by atoms with Crippen LogP contribution in [0.4, 0.5) is 11.4 Å². The molecule has 154 valence electrons. The summed E-state index contributed by atoms with van der Waals surface area (Å²) in [6.07, 6.45) is 6.02. The van der Waals surface area contributed by atoms with E-state index < -0.39 is 4.92 Å². The summed E-state index contributed by atoms with van der Waals surface area (Å²) in [7, 11) is 0. The lowest BCUT2D eigenvalue weighted by atomic mass is 10.1. The zero-order chi connectivity index (χ0) is 19.8. The molecule has 0 radical (unpaired) electrons. The third-order valence-corrected chi connectivity index (χ3v) is 5.42. The van der Waals surface area contributed by atoms with E-state index in [1.165, 1.54) is 31.7 Å². The number of rotatable bonds is 7. The zero-order valence-electron chi connectivity index (χ0n) is 16.4. The van der Waals surface area contributed by atoms with Crippen LogP contribution in [0.15, 0.2) is 18.2 Å².